The Balaban J connectivity index is 2.58. The smallest absolute Gasteiger partial charge is 0.157 e. The molecule has 3 heteroatoms. The lowest BCUT2D eigenvalue weighted by molar-refractivity contribution is 0.592. The SMILES string of the molecule is CC(C)S(=O)(=O)[CH]Cc1ccccc1. The van der Waals surface area contributed by atoms with E-state index in [2.05, 4.69) is 0 Å². The third kappa shape index (κ3) is 3.14. The highest BCUT2D eigenvalue weighted by Gasteiger charge is 2.15. The minimum absolute atomic E-state index is 0.328. The maximum absolute atomic E-state index is 11.4. The average molecular weight is 211 g/mol. The molecule has 0 amide bonds. The summed E-state index contributed by atoms with van der Waals surface area (Å²) in [6.07, 6.45) is 0.487. The molecule has 77 valence electrons. The normalized spacial score (nSPS) is 11.9. The first-order chi connectivity index (χ1) is 6.52. The van der Waals surface area contributed by atoms with Crippen molar-refractivity contribution in [2.24, 2.45) is 0 Å². The molecule has 0 aliphatic carbocycles. The molecule has 0 heterocycles. The lowest BCUT2D eigenvalue weighted by Gasteiger charge is -2.06. The standard InChI is InChI=1S/C11H15O2S/c1-10(2)14(12,13)9-8-11-6-4-3-5-7-11/h3-7,9-10H,8H2,1-2H3. The monoisotopic (exact) mass is 211 g/mol. The Labute approximate surface area is 85.9 Å². The van der Waals surface area contributed by atoms with Gasteiger partial charge in [0.05, 0.1) is 11.0 Å². The third-order valence-electron chi connectivity index (χ3n) is 2.05. The van der Waals surface area contributed by atoms with Crippen molar-refractivity contribution in [2.45, 2.75) is 25.5 Å². The molecule has 0 aliphatic heterocycles. The van der Waals surface area contributed by atoms with Crippen molar-refractivity contribution < 1.29 is 8.42 Å². The van der Waals surface area contributed by atoms with Crippen molar-refractivity contribution in [3.8, 4) is 0 Å². The van der Waals surface area contributed by atoms with Gasteiger partial charge in [-0.2, -0.15) is 0 Å². The molecule has 0 N–H and O–H groups in total. The van der Waals surface area contributed by atoms with Gasteiger partial charge >= 0.3 is 0 Å². The topological polar surface area (TPSA) is 34.1 Å². The van der Waals surface area contributed by atoms with E-state index in [9.17, 15) is 8.42 Å². The van der Waals surface area contributed by atoms with Crippen molar-refractivity contribution in [3.05, 3.63) is 41.6 Å². The van der Waals surface area contributed by atoms with Crippen LogP contribution in [0.5, 0.6) is 0 Å². The molecule has 0 fully saturated rings. The van der Waals surface area contributed by atoms with Gasteiger partial charge in [0, 0.05) is 0 Å². The molecule has 14 heavy (non-hydrogen) atoms. The predicted octanol–water partition coefficient (Wildman–Crippen LogP) is 2.21. The van der Waals surface area contributed by atoms with Gasteiger partial charge in [-0.25, -0.2) is 8.42 Å². The van der Waals surface area contributed by atoms with Crippen LogP contribution in [0, 0.1) is 5.75 Å². The summed E-state index contributed by atoms with van der Waals surface area (Å²) in [4.78, 5) is 0. The summed E-state index contributed by atoms with van der Waals surface area (Å²) in [5.74, 6) is 1.40. The van der Waals surface area contributed by atoms with Crippen LogP contribution in [0.1, 0.15) is 19.4 Å². The minimum Gasteiger partial charge on any atom is -0.228 e. The fraction of sp³-hybridized carbons (Fsp3) is 0.364. The Morgan fingerprint density at radius 2 is 1.79 bits per heavy atom. The molecular weight excluding hydrogens is 196 g/mol. The van der Waals surface area contributed by atoms with Gasteiger partial charge in [0.25, 0.3) is 0 Å². The first-order valence-corrected chi connectivity index (χ1v) is 6.24. The summed E-state index contributed by atoms with van der Waals surface area (Å²) in [5, 5.41) is -0.328. The van der Waals surface area contributed by atoms with Crippen LogP contribution in [0.15, 0.2) is 30.3 Å². The van der Waals surface area contributed by atoms with Gasteiger partial charge in [-0.15, -0.1) is 0 Å². The lowest BCUT2D eigenvalue weighted by Crippen LogP contribution is -2.14. The van der Waals surface area contributed by atoms with E-state index in [-0.39, 0.29) is 5.25 Å². The van der Waals surface area contributed by atoms with E-state index in [0.29, 0.717) is 6.42 Å². The van der Waals surface area contributed by atoms with Gasteiger partial charge < -0.3 is 0 Å². The zero-order chi connectivity index (χ0) is 10.6. The van der Waals surface area contributed by atoms with E-state index in [4.69, 9.17) is 0 Å². The minimum atomic E-state index is -3.02. The summed E-state index contributed by atoms with van der Waals surface area (Å²) >= 11 is 0. The summed E-state index contributed by atoms with van der Waals surface area (Å²) in [5.41, 5.74) is 1.02. The fourth-order valence-corrected chi connectivity index (χ4v) is 1.83. The number of benzene rings is 1. The van der Waals surface area contributed by atoms with Gasteiger partial charge in [-0.3, -0.25) is 0 Å². The molecular formula is C11H15O2S. The van der Waals surface area contributed by atoms with Crippen LogP contribution < -0.4 is 0 Å². The number of rotatable bonds is 4. The summed E-state index contributed by atoms with van der Waals surface area (Å²) in [6.45, 7) is 3.38. The van der Waals surface area contributed by atoms with Gasteiger partial charge in [-0.1, -0.05) is 30.3 Å². The molecule has 2 nitrogen and oxygen atoms in total. The second kappa shape index (κ2) is 4.60. The molecule has 1 radical (unpaired) electrons. The van der Waals surface area contributed by atoms with Crippen molar-refractivity contribution in [2.75, 3.05) is 0 Å². The Bertz CT molecular complexity index is 366. The fourth-order valence-electron chi connectivity index (χ4n) is 1.02. The van der Waals surface area contributed by atoms with E-state index < -0.39 is 9.84 Å². The maximum atomic E-state index is 11.4. The highest BCUT2D eigenvalue weighted by molar-refractivity contribution is 7.93. The van der Waals surface area contributed by atoms with E-state index in [1.165, 1.54) is 5.75 Å². The highest BCUT2D eigenvalue weighted by Crippen LogP contribution is 2.10. The Hall–Kier alpha value is -0.830. The van der Waals surface area contributed by atoms with Crippen LogP contribution in [0.2, 0.25) is 0 Å². The van der Waals surface area contributed by atoms with Gasteiger partial charge in [0.15, 0.2) is 9.84 Å². The van der Waals surface area contributed by atoms with Crippen molar-refractivity contribution >= 4 is 9.84 Å². The number of hydrogen-bond acceptors (Lipinski definition) is 2. The summed E-state index contributed by atoms with van der Waals surface area (Å²) < 4.78 is 22.9. The van der Waals surface area contributed by atoms with Crippen LogP contribution in [0.25, 0.3) is 0 Å². The van der Waals surface area contributed by atoms with Crippen LogP contribution in [0.4, 0.5) is 0 Å². The largest absolute Gasteiger partial charge is 0.228 e. The zero-order valence-electron chi connectivity index (χ0n) is 8.47. The van der Waals surface area contributed by atoms with Crippen LogP contribution in [0.3, 0.4) is 0 Å². The van der Waals surface area contributed by atoms with Gasteiger partial charge in [-0.05, 0) is 25.8 Å². The molecule has 0 unspecified atom stereocenters. The first kappa shape index (κ1) is 11.2. The lowest BCUT2D eigenvalue weighted by atomic mass is 10.2. The Kier molecular flexibility index (Phi) is 3.69. The Morgan fingerprint density at radius 1 is 1.21 bits per heavy atom. The molecule has 0 spiro atoms. The zero-order valence-corrected chi connectivity index (χ0v) is 9.29. The number of sulfone groups is 1. The van der Waals surface area contributed by atoms with Gasteiger partial charge in [0.2, 0.25) is 0 Å². The van der Waals surface area contributed by atoms with Crippen molar-refractivity contribution in [1.29, 1.82) is 0 Å². The van der Waals surface area contributed by atoms with E-state index in [0.717, 1.165) is 5.56 Å². The average Bonchev–Trinajstić information content (AvgIpc) is 2.16. The third-order valence-corrected chi connectivity index (χ3v) is 4.00. The molecule has 0 saturated carbocycles. The second-order valence-corrected chi connectivity index (χ2v) is 5.95. The number of hydrogen-bond donors (Lipinski definition) is 0. The molecule has 1 aromatic rings. The molecule has 0 aromatic heterocycles. The summed E-state index contributed by atoms with van der Waals surface area (Å²) in [6, 6.07) is 9.58. The van der Waals surface area contributed by atoms with E-state index >= 15 is 0 Å². The maximum Gasteiger partial charge on any atom is 0.157 e. The molecule has 0 bridgehead atoms. The quantitative estimate of drug-likeness (QED) is 0.765. The molecule has 0 saturated heterocycles. The second-order valence-electron chi connectivity index (χ2n) is 3.49. The first-order valence-electron chi connectivity index (χ1n) is 4.63. The predicted molar refractivity (Wildman–Crippen MR) is 58.5 cm³/mol. The van der Waals surface area contributed by atoms with Crippen LogP contribution >= 0.6 is 0 Å². The summed E-state index contributed by atoms with van der Waals surface area (Å²) in [7, 11) is -3.02. The Morgan fingerprint density at radius 3 is 2.29 bits per heavy atom. The molecule has 1 rings (SSSR count). The van der Waals surface area contributed by atoms with Crippen LogP contribution in [-0.2, 0) is 16.3 Å². The van der Waals surface area contributed by atoms with E-state index in [1.807, 2.05) is 30.3 Å². The molecule has 0 aliphatic rings. The highest BCUT2D eigenvalue weighted by atomic mass is 32.2. The van der Waals surface area contributed by atoms with E-state index in [1.54, 1.807) is 13.8 Å². The molecule has 1 aromatic carbocycles. The van der Waals surface area contributed by atoms with Crippen molar-refractivity contribution in [3.63, 3.8) is 0 Å². The molecule has 0 atom stereocenters. The van der Waals surface area contributed by atoms with Gasteiger partial charge in [0.1, 0.15) is 0 Å². The van der Waals surface area contributed by atoms with Crippen LogP contribution in [-0.4, -0.2) is 13.7 Å². The van der Waals surface area contributed by atoms with Crippen molar-refractivity contribution in [1.82, 2.24) is 0 Å².